The standard InChI is InChI=1S/C16H23NO4/c1-5-8-17-11-9-16(2,3)10-13(19)15(11)12(18)6-7-14(20)21-4/h5,18H,1,6-10H2,2-4H3/b15-12-,17-11?. The van der Waals surface area contributed by atoms with Crippen molar-refractivity contribution in [1.82, 2.24) is 0 Å². The number of carbonyl (C=O) groups excluding carboxylic acids is 2. The number of methoxy groups -OCH3 is 1. The van der Waals surface area contributed by atoms with Gasteiger partial charge in [0, 0.05) is 18.6 Å². The van der Waals surface area contributed by atoms with Crippen molar-refractivity contribution < 1.29 is 19.4 Å². The van der Waals surface area contributed by atoms with E-state index in [2.05, 4.69) is 16.3 Å². The molecule has 1 rings (SSSR count). The van der Waals surface area contributed by atoms with Crippen molar-refractivity contribution in [2.75, 3.05) is 13.7 Å². The van der Waals surface area contributed by atoms with Crippen LogP contribution in [0.3, 0.4) is 0 Å². The maximum absolute atomic E-state index is 12.3. The van der Waals surface area contributed by atoms with Gasteiger partial charge in [0.15, 0.2) is 5.78 Å². The van der Waals surface area contributed by atoms with Gasteiger partial charge in [-0.05, 0) is 11.8 Å². The van der Waals surface area contributed by atoms with E-state index >= 15 is 0 Å². The van der Waals surface area contributed by atoms with Crippen molar-refractivity contribution in [2.24, 2.45) is 10.4 Å². The van der Waals surface area contributed by atoms with Crippen LogP contribution in [-0.4, -0.2) is 36.2 Å². The zero-order valence-electron chi connectivity index (χ0n) is 12.9. The first-order valence-corrected chi connectivity index (χ1v) is 6.97. The van der Waals surface area contributed by atoms with Crippen LogP contribution in [0.5, 0.6) is 0 Å². The van der Waals surface area contributed by atoms with Crippen molar-refractivity contribution in [3.05, 3.63) is 24.0 Å². The molecule has 1 saturated carbocycles. The van der Waals surface area contributed by atoms with Gasteiger partial charge in [-0.3, -0.25) is 14.6 Å². The Balaban J connectivity index is 3.06. The highest BCUT2D eigenvalue weighted by atomic mass is 16.5. The Morgan fingerprint density at radius 2 is 2.10 bits per heavy atom. The van der Waals surface area contributed by atoms with Crippen LogP contribution >= 0.6 is 0 Å². The molecule has 1 fully saturated rings. The average Bonchev–Trinajstić information content (AvgIpc) is 2.40. The van der Waals surface area contributed by atoms with Gasteiger partial charge in [0.1, 0.15) is 5.76 Å². The summed E-state index contributed by atoms with van der Waals surface area (Å²) in [5.74, 6) is -0.629. The predicted molar refractivity (Wildman–Crippen MR) is 81.4 cm³/mol. The summed E-state index contributed by atoms with van der Waals surface area (Å²) in [6, 6.07) is 0. The molecule has 116 valence electrons. The monoisotopic (exact) mass is 293 g/mol. The number of rotatable bonds is 5. The summed E-state index contributed by atoms with van der Waals surface area (Å²) in [6.45, 7) is 8.00. The summed E-state index contributed by atoms with van der Waals surface area (Å²) in [7, 11) is 1.29. The van der Waals surface area contributed by atoms with Crippen molar-refractivity contribution in [3.63, 3.8) is 0 Å². The molecule has 0 spiro atoms. The zero-order valence-corrected chi connectivity index (χ0v) is 12.9. The number of Topliss-reactive ketones (excluding diaryl/α,β-unsaturated/α-hetero) is 1. The molecule has 0 aromatic rings. The third-order valence-electron chi connectivity index (χ3n) is 3.35. The molecule has 1 N–H and O–H groups in total. The molecule has 0 aliphatic heterocycles. The molecule has 0 bridgehead atoms. The summed E-state index contributed by atoms with van der Waals surface area (Å²) in [5, 5.41) is 10.2. The third-order valence-corrected chi connectivity index (χ3v) is 3.35. The molecular weight excluding hydrogens is 270 g/mol. The third kappa shape index (κ3) is 4.85. The average molecular weight is 293 g/mol. The molecule has 21 heavy (non-hydrogen) atoms. The van der Waals surface area contributed by atoms with Crippen LogP contribution in [0.25, 0.3) is 0 Å². The van der Waals surface area contributed by atoms with Gasteiger partial charge in [-0.1, -0.05) is 19.9 Å². The van der Waals surface area contributed by atoms with Gasteiger partial charge in [-0.25, -0.2) is 0 Å². The van der Waals surface area contributed by atoms with Crippen LogP contribution < -0.4 is 0 Å². The number of aliphatic hydroxyl groups is 1. The van der Waals surface area contributed by atoms with Gasteiger partial charge in [0.25, 0.3) is 0 Å². The molecule has 1 aliphatic rings. The van der Waals surface area contributed by atoms with E-state index in [0.29, 0.717) is 25.1 Å². The summed E-state index contributed by atoms with van der Waals surface area (Å²) in [5.41, 5.74) is 0.682. The number of ether oxygens (including phenoxy) is 1. The number of hydrogen-bond acceptors (Lipinski definition) is 5. The molecule has 0 radical (unpaired) electrons. The van der Waals surface area contributed by atoms with E-state index in [9.17, 15) is 14.7 Å². The SMILES string of the molecule is C=CCN=C1CC(C)(C)CC(=O)/C1=C(\O)CCC(=O)OC. The Kier molecular flexibility index (Phi) is 5.88. The smallest absolute Gasteiger partial charge is 0.305 e. The first-order chi connectivity index (χ1) is 9.80. The Morgan fingerprint density at radius 3 is 2.67 bits per heavy atom. The summed E-state index contributed by atoms with van der Waals surface area (Å²) in [6.07, 6.45) is 2.74. The fourth-order valence-electron chi connectivity index (χ4n) is 2.37. The lowest BCUT2D eigenvalue weighted by Gasteiger charge is -2.31. The van der Waals surface area contributed by atoms with E-state index in [-0.39, 0.29) is 35.4 Å². The quantitative estimate of drug-likeness (QED) is 0.366. The lowest BCUT2D eigenvalue weighted by molar-refractivity contribution is -0.140. The largest absolute Gasteiger partial charge is 0.511 e. The minimum atomic E-state index is -0.421. The lowest BCUT2D eigenvalue weighted by Crippen LogP contribution is -2.33. The molecule has 5 nitrogen and oxygen atoms in total. The highest BCUT2D eigenvalue weighted by Crippen LogP contribution is 2.35. The van der Waals surface area contributed by atoms with Gasteiger partial charge in [-0.15, -0.1) is 6.58 Å². The van der Waals surface area contributed by atoms with Crippen LogP contribution in [0.4, 0.5) is 0 Å². The first-order valence-electron chi connectivity index (χ1n) is 6.97. The number of hydrogen-bond donors (Lipinski definition) is 1. The highest BCUT2D eigenvalue weighted by molar-refractivity contribution is 6.24. The molecule has 0 heterocycles. The van der Waals surface area contributed by atoms with Crippen LogP contribution in [0.1, 0.15) is 39.5 Å². The second-order valence-electron chi connectivity index (χ2n) is 5.91. The highest BCUT2D eigenvalue weighted by Gasteiger charge is 2.36. The minimum absolute atomic E-state index is 0.0389. The van der Waals surface area contributed by atoms with Gasteiger partial charge < -0.3 is 9.84 Å². The molecule has 0 saturated heterocycles. The van der Waals surface area contributed by atoms with Gasteiger partial charge in [-0.2, -0.15) is 0 Å². The zero-order chi connectivity index (χ0) is 16.0. The Labute approximate surface area is 125 Å². The maximum Gasteiger partial charge on any atom is 0.305 e. The Morgan fingerprint density at radius 1 is 1.43 bits per heavy atom. The first kappa shape index (κ1) is 17.1. The van der Waals surface area contributed by atoms with Crippen LogP contribution in [0.2, 0.25) is 0 Å². The van der Waals surface area contributed by atoms with Gasteiger partial charge in [0.05, 0.1) is 25.6 Å². The van der Waals surface area contributed by atoms with Crippen molar-refractivity contribution in [3.8, 4) is 0 Å². The topological polar surface area (TPSA) is 76.0 Å². The van der Waals surface area contributed by atoms with Gasteiger partial charge >= 0.3 is 5.97 Å². The lowest BCUT2D eigenvalue weighted by atomic mass is 9.73. The van der Waals surface area contributed by atoms with Crippen LogP contribution in [0, 0.1) is 5.41 Å². The van der Waals surface area contributed by atoms with E-state index in [1.165, 1.54) is 7.11 Å². The normalized spacial score (nSPS) is 22.0. The van der Waals surface area contributed by atoms with Crippen molar-refractivity contribution >= 4 is 17.5 Å². The van der Waals surface area contributed by atoms with E-state index in [4.69, 9.17) is 0 Å². The second kappa shape index (κ2) is 7.20. The molecule has 5 heteroatoms. The molecule has 0 aromatic heterocycles. The second-order valence-corrected chi connectivity index (χ2v) is 5.91. The number of aliphatic imine (C=N–C) groups is 1. The molecule has 0 unspecified atom stereocenters. The Bertz CT molecular complexity index is 500. The molecule has 0 atom stereocenters. The minimum Gasteiger partial charge on any atom is -0.511 e. The van der Waals surface area contributed by atoms with E-state index in [0.717, 1.165) is 0 Å². The maximum atomic E-state index is 12.3. The number of nitrogens with zero attached hydrogens (tertiary/aromatic N) is 1. The van der Waals surface area contributed by atoms with E-state index < -0.39 is 5.97 Å². The number of esters is 1. The van der Waals surface area contributed by atoms with Gasteiger partial charge in [0.2, 0.25) is 0 Å². The van der Waals surface area contributed by atoms with Crippen LogP contribution in [0.15, 0.2) is 29.0 Å². The molecule has 0 amide bonds. The number of ketones is 1. The molecular formula is C16H23NO4. The van der Waals surface area contributed by atoms with Crippen molar-refractivity contribution in [2.45, 2.75) is 39.5 Å². The fourth-order valence-corrected chi connectivity index (χ4v) is 2.37. The number of allylic oxidation sites excluding steroid dienone is 2. The number of aliphatic hydroxyl groups excluding tert-OH is 1. The molecule has 1 aliphatic carbocycles. The van der Waals surface area contributed by atoms with E-state index in [1.807, 2.05) is 13.8 Å². The predicted octanol–water partition coefficient (Wildman–Crippen LogP) is 2.77. The fraction of sp³-hybridized carbons (Fsp3) is 0.562. The van der Waals surface area contributed by atoms with Crippen molar-refractivity contribution in [1.29, 1.82) is 0 Å². The molecule has 0 aromatic carbocycles. The summed E-state index contributed by atoms with van der Waals surface area (Å²) < 4.78 is 4.54. The van der Waals surface area contributed by atoms with Crippen LogP contribution in [-0.2, 0) is 14.3 Å². The summed E-state index contributed by atoms with van der Waals surface area (Å²) in [4.78, 5) is 27.8. The number of carbonyl (C=O) groups is 2. The van der Waals surface area contributed by atoms with E-state index in [1.54, 1.807) is 6.08 Å². The Hall–Kier alpha value is -1.91. The summed E-state index contributed by atoms with van der Waals surface area (Å²) >= 11 is 0.